The number of thioether (sulfide) groups is 1. The van der Waals surface area contributed by atoms with E-state index in [9.17, 15) is 18.5 Å². The van der Waals surface area contributed by atoms with Crippen molar-refractivity contribution in [2.24, 2.45) is 0 Å². The van der Waals surface area contributed by atoms with Crippen molar-refractivity contribution in [1.82, 2.24) is 0 Å². The maximum Gasteiger partial charge on any atom is 0.310 e. The standard InChI is InChI=1S/C11H14ClNO5S2/c1-2-5-18-11-8-9(3-4-10(11)13(14)15)19-6-7-20(12,16)17/h3-4,8H,2,5-7H2,1H3. The average molecular weight is 340 g/mol. The molecule has 6 nitrogen and oxygen atoms in total. The molecule has 1 aromatic carbocycles. The van der Waals surface area contributed by atoms with E-state index in [0.717, 1.165) is 6.42 Å². The maximum absolute atomic E-state index is 10.9. The lowest BCUT2D eigenvalue weighted by Crippen LogP contribution is -2.01. The molecule has 0 aliphatic rings. The highest BCUT2D eigenvalue weighted by molar-refractivity contribution is 8.14. The first kappa shape index (κ1) is 17.1. The number of benzene rings is 1. The van der Waals surface area contributed by atoms with Gasteiger partial charge in [-0.15, -0.1) is 11.8 Å². The molecule has 0 fully saturated rings. The van der Waals surface area contributed by atoms with Crippen LogP contribution in [0.15, 0.2) is 23.1 Å². The van der Waals surface area contributed by atoms with Gasteiger partial charge in [-0.3, -0.25) is 10.1 Å². The predicted molar refractivity (Wildman–Crippen MR) is 79.2 cm³/mol. The first-order valence-corrected chi connectivity index (χ1v) is 9.26. The van der Waals surface area contributed by atoms with E-state index >= 15 is 0 Å². The van der Waals surface area contributed by atoms with Crippen molar-refractivity contribution in [3.63, 3.8) is 0 Å². The van der Waals surface area contributed by atoms with E-state index in [1.165, 1.54) is 17.8 Å². The monoisotopic (exact) mass is 339 g/mol. The summed E-state index contributed by atoms with van der Waals surface area (Å²) in [5, 5.41) is 10.9. The molecular weight excluding hydrogens is 326 g/mol. The molecule has 0 aromatic heterocycles. The van der Waals surface area contributed by atoms with Crippen LogP contribution in [0.5, 0.6) is 5.75 Å². The van der Waals surface area contributed by atoms with Gasteiger partial charge in [0.25, 0.3) is 0 Å². The summed E-state index contributed by atoms with van der Waals surface area (Å²) in [6, 6.07) is 4.45. The topological polar surface area (TPSA) is 86.5 Å². The molecular formula is C11H14ClNO5S2. The molecule has 0 N–H and O–H groups in total. The summed E-state index contributed by atoms with van der Waals surface area (Å²) in [5.74, 6) is 0.300. The lowest BCUT2D eigenvalue weighted by molar-refractivity contribution is -0.385. The van der Waals surface area contributed by atoms with E-state index in [2.05, 4.69) is 0 Å². The van der Waals surface area contributed by atoms with Crippen LogP contribution in [0.2, 0.25) is 0 Å². The Kier molecular flexibility index (Phi) is 6.57. The Balaban J connectivity index is 2.80. The lowest BCUT2D eigenvalue weighted by atomic mass is 10.3. The highest BCUT2D eigenvalue weighted by Crippen LogP contribution is 2.32. The SMILES string of the molecule is CCCOc1cc(SCCS(=O)(=O)Cl)ccc1[N+](=O)[O-]. The summed E-state index contributed by atoms with van der Waals surface area (Å²) >= 11 is 1.25. The van der Waals surface area contributed by atoms with Crippen LogP contribution in [0.25, 0.3) is 0 Å². The normalized spacial score (nSPS) is 11.3. The van der Waals surface area contributed by atoms with E-state index in [1.807, 2.05) is 6.92 Å². The van der Waals surface area contributed by atoms with Gasteiger partial charge in [0.15, 0.2) is 5.75 Å². The van der Waals surface area contributed by atoms with Crippen LogP contribution in [0.4, 0.5) is 5.69 Å². The number of nitro groups is 1. The van der Waals surface area contributed by atoms with Crippen LogP contribution < -0.4 is 4.74 Å². The van der Waals surface area contributed by atoms with Crippen LogP contribution in [-0.2, 0) is 9.05 Å². The molecule has 0 unspecified atom stereocenters. The Morgan fingerprint density at radius 1 is 1.45 bits per heavy atom. The van der Waals surface area contributed by atoms with Crippen LogP contribution in [0.3, 0.4) is 0 Å². The zero-order valence-electron chi connectivity index (χ0n) is 10.7. The molecule has 20 heavy (non-hydrogen) atoms. The smallest absolute Gasteiger partial charge is 0.310 e. The van der Waals surface area contributed by atoms with Crippen molar-refractivity contribution in [3.05, 3.63) is 28.3 Å². The number of halogens is 1. The maximum atomic E-state index is 10.9. The van der Waals surface area contributed by atoms with E-state index in [0.29, 0.717) is 11.5 Å². The van der Waals surface area contributed by atoms with Gasteiger partial charge >= 0.3 is 5.69 Å². The Labute approximate surface area is 126 Å². The van der Waals surface area contributed by atoms with Gasteiger partial charge in [-0.2, -0.15) is 0 Å². The van der Waals surface area contributed by atoms with Gasteiger partial charge in [-0.25, -0.2) is 8.42 Å². The summed E-state index contributed by atoms with van der Waals surface area (Å²) < 4.78 is 27.0. The van der Waals surface area contributed by atoms with Crippen LogP contribution in [-0.4, -0.2) is 31.5 Å². The zero-order valence-corrected chi connectivity index (χ0v) is 13.1. The molecule has 0 bridgehead atoms. The third-order valence-corrected chi connectivity index (χ3v) is 4.59. The van der Waals surface area contributed by atoms with Crippen LogP contribution in [0, 0.1) is 10.1 Å². The molecule has 0 spiro atoms. The lowest BCUT2D eigenvalue weighted by Gasteiger charge is -2.07. The molecule has 9 heteroatoms. The second-order valence-electron chi connectivity index (χ2n) is 3.83. The summed E-state index contributed by atoms with van der Waals surface area (Å²) in [7, 11) is 1.58. The van der Waals surface area contributed by atoms with Crippen molar-refractivity contribution in [2.45, 2.75) is 18.2 Å². The first-order valence-electron chi connectivity index (χ1n) is 5.80. The van der Waals surface area contributed by atoms with Gasteiger partial charge in [-0.1, -0.05) is 6.92 Å². The highest BCUT2D eigenvalue weighted by atomic mass is 35.7. The summed E-state index contributed by atoms with van der Waals surface area (Å²) in [6.45, 7) is 2.28. The zero-order chi connectivity index (χ0) is 15.2. The van der Waals surface area contributed by atoms with E-state index in [-0.39, 0.29) is 22.9 Å². The van der Waals surface area contributed by atoms with Gasteiger partial charge in [0.1, 0.15) is 0 Å². The molecule has 0 aliphatic heterocycles. The minimum Gasteiger partial charge on any atom is -0.487 e. The Hall–Kier alpha value is -0.990. The summed E-state index contributed by atoms with van der Waals surface area (Å²) in [4.78, 5) is 11.0. The van der Waals surface area contributed by atoms with Gasteiger partial charge in [0.2, 0.25) is 9.05 Å². The Bertz CT molecular complexity index is 576. The number of nitrogens with zero attached hydrogens (tertiary/aromatic N) is 1. The highest BCUT2D eigenvalue weighted by Gasteiger charge is 2.16. The van der Waals surface area contributed by atoms with E-state index in [1.54, 1.807) is 12.1 Å². The number of hydrogen-bond donors (Lipinski definition) is 0. The molecule has 112 valence electrons. The van der Waals surface area contributed by atoms with Crippen molar-refractivity contribution < 1.29 is 18.1 Å². The fraction of sp³-hybridized carbons (Fsp3) is 0.455. The Morgan fingerprint density at radius 3 is 2.70 bits per heavy atom. The molecule has 0 atom stereocenters. The number of nitro benzene ring substituents is 1. The van der Waals surface area contributed by atoms with Crippen molar-refractivity contribution in [2.75, 3.05) is 18.1 Å². The first-order chi connectivity index (χ1) is 9.33. The van der Waals surface area contributed by atoms with Gasteiger partial charge in [0, 0.05) is 33.5 Å². The van der Waals surface area contributed by atoms with Crippen molar-refractivity contribution in [1.29, 1.82) is 0 Å². The average Bonchev–Trinajstić information content (AvgIpc) is 2.34. The van der Waals surface area contributed by atoms with Gasteiger partial charge in [-0.05, 0) is 12.5 Å². The summed E-state index contributed by atoms with van der Waals surface area (Å²) in [5.41, 5.74) is -0.104. The van der Waals surface area contributed by atoms with Crippen molar-refractivity contribution >= 4 is 37.2 Å². The predicted octanol–water partition coefficient (Wildman–Crippen LogP) is 3.04. The second-order valence-corrected chi connectivity index (χ2v) is 7.89. The minimum atomic E-state index is -3.53. The molecule has 0 saturated carbocycles. The largest absolute Gasteiger partial charge is 0.487 e. The number of rotatable bonds is 8. The van der Waals surface area contributed by atoms with Crippen molar-refractivity contribution in [3.8, 4) is 5.75 Å². The van der Waals surface area contributed by atoms with Crippen LogP contribution in [0.1, 0.15) is 13.3 Å². The third-order valence-electron chi connectivity index (χ3n) is 2.19. The number of ether oxygens (including phenoxy) is 1. The fourth-order valence-electron chi connectivity index (χ4n) is 1.32. The molecule has 0 amide bonds. The van der Waals surface area contributed by atoms with Gasteiger partial charge in [0.05, 0.1) is 17.3 Å². The molecule has 0 heterocycles. The second kappa shape index (κ2) is 7.70. The van der Waals surface area contributed by atoms with E-state index < -0.39 is 14.0 Å². The molecule has 0 aliphatic carbocycles. The minimum absolute atomic E-state index is 0.104. The van der Waals surface area contributed by atoms with Gasteiger partial charge < -0.3 is 4.74 Å². The third kappa shape index (κ3) is 5.98. The Morgan fingerprint density at radius 2 is 2.15 bits per heavy atom. The van der Waals surface area contributed by atoms with E-state index in [4.69, 9.17) is 15.4 Å². The summed E-state index contributed by atoms with van der Waals surface area (Å²) in [6.07, 6.45) is 0.735. The molecule has 0 saturated heterocycles. The van der Waals surface area contributed by atoms with Crippen LogP contribution >= 0.6 is 22.4 Å². The fourth-order valence-corrected chi connectivity index (χ4v) is 3.61. The molecule has 1 rings (SSSR count). The quantitative estimate of drug-likeness (QED) is 0.313. The molecule has 0 radical (unpaired) electrons. The number of hydrogen-bond acceptors (Lipinski definition) is 6. The molecule has 1 aromatic rings.